The first-order valence-corrected chi connectivity index (χ1v) is 6.35. The number of aliphatic imine (C=N–C) groups is 2. The van der Waals surface area contributed by atoms with Gasteiger partial charge in [-0.1, -0.05) is 19.1 Å². The maximum atomic E-state index is 11.9. The summed E-state index contributed by atoms with van der Waals surface area (Å²) in [6, 6.07) is 7.37. The number of amides is 1. The second-order valence-corrected chi connectivity index (χ2v) is 4.28. The zero-order chi connectivity index (χ0) is 13.9. The van der Waals surface area contributed by atoms with Crippen LogP contribution in [0.3, 0.4) is 0 Å². The Labute approximate surface area is 115 Å². The van der Waals surface area contributed by atoms with Crippen molar-refractivity contribution in [2.45, 2.75) is 13.3 Å². The van der Waals surface area contributed by atoms with Gasteiger partial charge >= 0.3 is 0 Å². The molecule has 0 bridgehead atoms. The first-order valence-electron chi connectivity index (χ1n) is 6.35. The van der Waals surface area contributed by atoms with E-state index in [-0.39, 0.29) is 5.91 Å². The Morgan fingerprint density at radius 2 is 2.00 bits per heavy atom. The Morgan fingerprint density at radius 1 is 1.15 bits per heavy atom. The molecule has 0 aliphatic carbocycles. The molecule has 0 fully saturated rings. The van der Waals surface area contributed by atoms with Crippen LogP contribution < -0.4 is 4.74 Å². The summed E-state index contributed by atoms with van der Waals surface area (Å²) in [6.45, 7) is 2.63. The largest absolute Gasteiger partial charge is 0.493 e. The van der Waals surface area contributed by atoms with Gasteiger partial charge in [0.15, 0.2) is 11.7 Å². The first kappa shape index (κ1) is 12.4. The van der Waals surface area contributed by atoms with Gasteiger partial charge in [-0.2, -0.15) is 10.1 Å². The summed E-state index contributed by atoms with van der Waals surface area (Å²) in [5, 5.41) is 7.50. The maximum absolute atomic E-state index is 11.9. The zero-order valence-corrected chi connectivity index (χ0v) is 10.9. The van der Waals surface area contributed by atoms with E-state index in [1.165, 1.54) is 6.20 Å². The van der Waals surface area contributed by atoms with Gasteiger partial charge in [0.05, 0.1) is 18.4 Å². The van der Waals surface area contributed by atoms with E-state index < -0.39 is 0 Å². The summed E-state index contributed by atoms with van der Waals surface area (Å²) in [5.41, 5.74) is 1.02. The van der Waals surface area contributed by atoms with E-state index in [0.29, 0.717) is 35.2 Å². The van der Waals surface area contributed by atoms with Crippen molar-refractivity contribution in [2.75, 3.05) is 6.61 Å². The molecular formula is C14H12N4O2. The lowest BCUT2D eigenvalue weighted by Crippen LogP contribution is -2.18. The quantitative estimate of drug-likeness (QED) is 0.841. The van der Waals surface area contributed by atoms with Gasteiger partial charge in [-0.15, -0.1) is 5.11 Å². The molecule has 0 saturated carbocycles. The van der Waals surface area contributed by atoms with Crippen molar-refractivity contribution in [3.8, 4) is 5.75 Å². The fourth-order valence-electron chi connectivity index (χ4n) is 1.88. The molecule has 1 aromatic rings. The molecule has 20 heavy (non-hydrogen) atoms. The molecule has 2 aliphatic heterocycles. The van der Waals surface area contributed by atoms with E-state index in [0.717, 1.165) is 6.42 Å². The number of carbonyl (C=O) groups excluding carboxylic acids is 1. The van der Waals surface area contributed by atoms with E-state index in [1.54, 1.807) is 0 Å². The lowest BCUT2D eigenvalue weighted by molar-refractivity contribution is -0.113. The molecule has 0 atom stereocenters. The molecule has 1 aromatic carbocycles. The molecule has 6 heteroatoms. The van der Waals surface area contributed by atoms with Crippen molar-refractivity contribution in [3.05, 3.63) is 41.6 Å². The third-order valence-electron chi connectivity index (χ3n) is 2.82. The average Bonchev–Trinajstić information content (AvgIpc) is 2.94. The van der Waals surface area contributed by atoms with Gasteiger partial charge in [0, 0.05) is 0 Å². The lowest BCUT2D eigenvalue weighted by atomic mass is 10.1. The number of fused-ring (bicyclic) bond motifs is 1. The predicted molar refractivity (Wildman–Crippen MR) is 74.1 cm³/mol. The number of para-hydroxylation sites is 1. The Morgan fingerprint density at radius 3 is 2.85 bits per heavy atom. The molecule has 2 aliphatic rings. The third kappa shape index (κ3) is 2.16. The van der Waals surface area contributed by atoms with Gasteiger partial charge in [-0.25, -0.2) is 4.99 Å². The Kier molecular flexibility index (Phi) is 3.20. The fraction of sp³-hybridized carbons (Fsp3) is 0.214. The lowest BCUT2D eigenvalue weighted by Gasteiger charge is -2.12. The summed E-state index contributed by atoms with van der Waals surface area (Å²) >= 11 is 0. The highest BCUT2D eigenvalue weighted by Crippen LogP contribution is 2.24. The summed E-state index contributed by atoms with van der Waals surface area (Å²) in [6.07, 6.45) is 2.27. The van der Waals surface area contributed by atoms with E-state index in [4.69, 9.17) is 4.74 Å². The Balaban J connectivity index is 2.00. The second kappa shape index (κ2) is 5.16. The Hall–Kier alpha value is -2.63. The summed E-state index contributed by atoms with van der Waals surface area (Å²) in [4.78, 5) is 20.1. The van der Waals surface area contributed by atoms with Crippen LogP contribution in [-0.2, 0) is 4.79 Å². The molecule has 100 valence electrons. The van der Waals surface area contributed by atoms with Gasteiger partial charge in [0.1, 0.15) is 11.3 Å². The van der Waals surface area contributed by atoms with Crippen LogP contribution >= 0.6 is 0 Å². The molecule has 0 unspecified atom stereocenters. The molecule has 6 nitrogen and oxygen atoms in total. The highest BCUT2D eigenvalue weighted by molar-refractivity contribution is 6.31. The monoisotopic (exact) mass is 268 g/mol. The van der Waals surface area contributed by atoms with Crippen molar-refractivity contribution in [3.63, 3.8) is 0 Å². The standard InChI is InChI=1S/C14H12N4O2/c1-2-7-20-11-6-4-3-5-9(11)12-16-13-10(8-15-18-13)14(19)17-12/h3-6,8H,2,7H2,1H3. The minimum Gasteiger partial charge on any atom is -0.493 e. The number of hydrogen-bond donors (Lipinski definition) is 0. The van der Waals surface area contributed by atoms with Gasteiger partial charge in [0.25, 0.3) is 5.91 Å². The molecule has 0 aromatic heterocycles. The number of ether oxygens (including phenoxy) is 1. The van der Waals surface area contributed by atoms with Crippen LogP contribution in [0.1, 0.15) is 18.9 Å². The summed E-state index contributed by atoms with van der Waals surface area (Å²) in [7, 11) is 0. The number of benzene rings is 1. The molecule has 0 N–H and O–H groups in total. The third-order valence-corrected chi connectivity index (χ3v) is 2.82. The van der Waals surface area contributed by atoms with Gasteiger partial charge in [0.2, 0.25) is 0 Å². The molecule has 3 rings (SSSR count). The number of rotatable bonds is 4. The minimum atomic E-state index is -0.375. The Bertz CT molecular complexity index is 686. The smallest absolute Gasteiger partial charge is 0.284 e. The van der Waals surface area contributed by atoms with E-state index in [2.05, 4.69) is 20.2 Å². The maximum Gasteiger partial charge on any atom is 0.284 e. The molecule has 2 heterocycles. The number of nitrogens with zero attached hydrogens (tertiary/aromatic N) is 4. The molecular weight excluding hydrogens is 256 g/mol. The normalized spacial score (nSPS) is 16.4. The number of hydrogen-bond acceptors (Lipinski definition) is 5. The van der Waals surface area contributed by atoms with Crippen LogP contribution in [0.2, 0.25) is 0 Å². The van der Waals surface area contributed by atoms with Crippen molar-refractivity contribution < 1.29 is 9.53 Å². The highest BCUT2D eigenvalue weighted by Gasteiger charge is 2.26. The highest BCUT2D eigenvalue weighted by atomic mass is 16.5. The van der Waals surface area contributed by atoms with Crippen LogP contribution in [-0.4, -0.2) is 24.2 Å². The van der Waals surface area contributed by atoms with Crippen LogP contribution in [0.15, 0.2) is 56.3 Å². The number of amidine groups is 2. The van der Waals surface area contributed by atoms with E-state index in [1.807, 2.05) is 31.2 Å². The average molecular weight is 268 g/mol. The van der Waals surface area contributed by atoms with Crippen LogP contribution in [0.4, 0.5) is 0 Å². The summed E-state index contributed by atoms with van der Waals surface area (Å²) < 4.78 is 5.66. The number of carbonyl (C=O) groups is 1. The molecule has 0 spiro atoms. The van der Waals surface area contributed by atoms with Crippen molar-refractivity contribution in [2.24, 2.45) is 20.2 Å². The second-order valence-electron chi connectivity index (χ2n) is 4.28. The zero-order valence-electron chi connectivity index (χ0n) is 10.9. The van der Waals surface area contributed by atoms with Crippen molar-refractivity contribution >= 4 is 17.6 Å². The van der Waals surface area contributed by atoms with Crippen LogP contribution in [0.5, 0.6) is 5.75 Å². The van der Waals surface area contributed by atoms with Gasteiger partial charge in [-0.05, 0) is 18.6 Å². The topological polar surface area (TPSA) is 75.7 Å². The molecule has 0 radical (unpaired) electrons. The predicted octanol–water partition coefficient (Wildman–Crippen LogP) is 2.51. The SMILES string of the molecule is CCCOc1ccccc1C1=NC(=O)C2=CN=NC2=N1. The molecule has 1 amide bonds. The van der Waals surface area contributed by atoms with Crippen molar-refractivity contribution in [1.29, 1.82) is 0 Å². The van der Waals surface area contributed by atoms with Gasteiger partial charge < -0.3 is 4.74 Å². The van der Waals surface area contributed by atoms with E-state index >= 15 is 0 Å². The number of azo groups is 1. The fourth-order valence-corrected chi connectivity index (χ4v) is 1.88. The summed E-state index contributed by atoms with van der Waals surface area (Å²) in [5.74, 6) is 0.910. The van der Waals surface area contributed by atoms with Crippen LogP contribution in [0, 0.1) is 0 Å². The van der Waals surface area contributed by atoms with Crippen molar-refractivity contribution in [1.82, 2.24) is 0 Å². The van der Waals surface area contributed by atoms with Crippen LogP contribution in [0.25, 0.3) is 0 Å². The first-order chi connectivity index (χ1) is 9.79. The minimum absolute atomic E-state index is 0.310. The van der Waals surface area contributed by atoms with E-state index in [9.17, 15) is 4.79 Å². The molecule has 0 saturated heterocycles. The van der Waals surface area contributed by atoms with Gasteiger partial charge in [-0.3, -0.25) is 4.79 Å².